The number of rotatable bonds is 8. The van der Waals surface area contributed by atoms with Crippen LogP contribution in [0.4, 0.5) is 5.69 Å². The lowest BCUT2D eigenvalue weighted by atomic mass is 10.1. The minimum Gasteiger partial charge on any atom is -0.392 e. The number of carbonyl (C=O) groups is 1. The second-order valence-electron chi connectivity index (χ2n) is 6.94. The Morgan fingerprint density at radius 3 is 2.55 bits per heavy atom. The summed E-state index contributed by atoms with van der Waals surface area (Å²) < 4.78 is 28.1. The molecule has 1 amide bonds. The topological polar surface area (TPSA) is 99.6 Å². The van der Waals surface area contributed by atoms with Gasteiger partial charge in [-0.2, -0.15) is 0 Å². The number of nitrogens with zero attached hydrogens (tertiary/aromatic N) is 2. The fourth-order valence-corrected chi connectivity index (χ4v) is 4.38. The van der Waals surface area contributed by atoms with Crippen LogP contribution < -0.4 is 9.62 Å². The van der Waals surface area contributed by atoms with Crippen molar-refractivity contribution in [2.45, 2.75) is 24.5 Å². The van der Waals surface area contributed by atoms with E-state index < -0.39 is 22.0 Å². The van der Waals surface area contributed by atoms with Gasteiger partial charge in [-0.05, 0) is 55.0 Å². The number of aromatic nitrogens is 1. The van der Waals surface area contributed by atoms with E-state index in [1.165, 1.54) is 28.8 Å². The number of sulfonamides is 1. The predicted octanol–water partition coefficient (Wildman–Crippen LogP) is 3.24. The number of carbonyl (C=O) groups excluding carboxylic acids is 1. The second-order valence-corrected chi connectivity index (χ2v) is 9.23. The van der Waals surface area contributed by atoms with Crippen molar-refractivity contribution >= 4 is 33.2 Å². The number of hydrogen-bond acceptors (Lipinski definition) is 5. The third-order valence-electron chi connectivity index (χ3n) is 4.42. The molecule has 1 unspecified atom stereocenters. The fraction of sp³-hybridized carbons (Fsp3) is 0.182. The minimum absolute atomic E-state index is 0.0349. The molecule has 2 N–H and O–H groups in total. The third-order valence-corrected chi connectivity index (χ3v) is 6.43. The molecule has 0 aliphatic carbocycles. The molecule has 3 rings (SSSR count). The largest absolute Gasteiger partial charge is 0.392 e. The zero-order valence-corrected chi connectivity index (χ0v) is 18.3. The average molecular weight is 460 g/mol. The number of hydrogen-bond donors (Lipinski definition) is 2. The quantitative estimate of drug-likeness (QED) is 0.538. The first kappa shape index (κ1) is 22.7. The number of aliphatic hydroxyl groups excluding tert-OH is 1. The van der Waals surface area contributed by atoms with E-state index in [9.17, 15) is 18.3 Å². The van der Waals surface area contributed by atoms with Gasteiger partial charge in [0.1, 0.15) is 4.90 Å². The van der Waals surface area contributed by atoms with E-state index in [0.29, 0.717) is 10.7 Å². The Labute approximate surface area is 186 Å². The van der Waals surface area contributed by atoms with E-state index in [1.54, 1.807) is 55.5 Å². The fourth-order valence-electron chi connectivity index (χ4n) is 2.84. The highest BCUT2D eigenvalue weighted by Gasteiger charge is 2.26. The van der Waals surface area contributed by atoms with Gasteiger partial charge in [-0.25, -0.2) is 8.42 Å². The molecule has 3 aromatic rings. The molecule has 162 valence electrons. The Morgan fingerprint density at radius 1 is 1.16 bits per heavy atom. The molecule has 9 heteroatoms. The van der Waals surface area contributed by atoms with E-state index in [2.05, 4.69) is 10.3 Å². The Bertz CT molecular complexity index is 1140. The van der Waals surface area contributed by atoms with Gasteiger partial charge in [0.25, 0.3) is 15.9 Å². The summed E-state index contributed by atoms with van der Waals surface area (Å²) in [5.41, 5.74) is 1.32. The summed E-state index contributed by atoms with van der Waals surface area (Å²) in [5, 5.41) is 12.5. The number of aliphatic hydroxyl groups is 1. The van der Waals surface area contributed by atoms with E-state index in [1.807, 2.05) is 0 Å². The van der Waals surface area contributed by atoms with Crippen molar-refractivity contribution in [3.63, 3.8) is 0 Å². The van der Waals surface area contributed by atoms with Crippen LogP contribution in [0.2, 0.25) is 5.02 Å². The lowest BCUT2D eigenvalue weighted by molar-refractivity contribution is 0.0924. The summed E-state index contributed by atoms with van der Waals surface area (Å²) in [5.74, 6) is -0.409. The molecule has 0 aliphatic heterocycles. The van der Waals surface area contributed by atoms with Crippen LogP contribution in [0.5, 0.6) is 0 Å². The SMILES string of the molecule is CC(O)CNC(=O)c1cccc(N(Cc2ccc(Cl)cc2)S(=O)(=O)c2cccnc2)c1. The summed E-state index contributed by atoms with van der Waals surface area (Å²) in [6.45, 7) is 1.68. The molecule has 0 radical (unpaired) electrons. The summed E-state index contributed by atoms with van der Waals surface area (Å²) >= 11 is 5.96. The molecule has 0 saturated heterocycles. The number of nitrogens with one attached hydrogen (secondary N) is 1. The van der Waals surface area contributed by atoms with Crippen molar-refractivity contribution in [1.82, 2.24) is 10.3 Å². The molecule has 0 aliphatic rings. The molecule has 0 fully saturated rings. The summed E-state index contributed by atoms with van der Waals surface area (Å²) in [7, 11) is -3.96. The van der Waals surface area contributed by atoms with Crippen LogP contribution in [0.15, 0.2) is 78.0 Å². The van der Waals surface area contributed by atoms with Gasteiger partial charge in [-0.15, -0.1) is 0 Å². The molecule has 0 spiro atoms. The predicted molar refractivity (Wildman–Crippen MR) is 120 cm³/mol. The molecule has 2 aromatic carbocycles. The Balaban J connectivity index is 2.01. The molecular weight excluding hydrogens is 438 g/mol. The molecule has 31 heavy (non-hydrogen) atoms. The molecule has 1 heterocycles. The smallest absolute Gasteiger partial charge is 0.266 e. The van der Waals surface area contributed by atoms with E-state index >= 15 is 0 Å². The van der Waals surface area contributed by atoms with Crippen molar-refractivity contribution in [3.8, 4) is 0 Å². The van der Waals surface area contributed by atoms with E-state index in [-0.39, 0.29) is 23.5 Å². The first-order valence-corrected chi connectivity index (χ1v) is 11.3. The summed E-state index contributed by atoms with van der Waals surface area (Å²) in [6, 6.07) is 16.2. The van der Waals surface area contributed by atoms with Crippen LogP contribution in [0.1, 0.15) is 22.8 Å². The highest BCUT2D eigenvalue weighted by molar-refractivity contribution is 7.92. The Kier molecular flexibility index (Phi) is 7.27. The molecule has 0 saturated carbocycles. The maximum Gasteiger partial charge on any atom is 0.266 e. The third kappa shape index (κ3) is 5.81. The Morgan fingerprint density at radius 2 is 1.90 bits per heavy atom. The first-order valence-electron chi connectivity index (χ1n) is 9.51. The van der Waals surface area contributed by atoms with Crippen LogP contribution >= 0.6 is 11.6 Å². The highest BCUT2D eigenvalue weighted by atomic mass is 35.5. The van der Waals surface area contributed by atoms with Gasteiger partial charge in [0.15, 0.2) is 0 Å². The molecular formula is C22H22ClN3O4S. The number of benzene rings is 2. The monoisotopic (exact) mass is 459 g/mol. The van der Waals surface area contributed by atoms with Gasteiger partial charge >= 0.3 is 0 Å². The van der Waals surface area contributed by atoms with Crippen LogP contribution in [0.3, 0.4) is 0 Å². The standard InChI is InChI=1S/C22H22ClN3O4S/c1-16(27)13-25-22(28)18-4-2-5-20(12-18)26(15-17-7-9-19(23)10-8-17)31(29,30)21-6-3-11-24-14-21/h2-12,14,16,27H,13,15H2,1H3,(H,25,28). The molecule has 7 nitrogen and oxygen atoms in total. The lowest BCUT2D eigenvalue weighted by Gasteiger charge is -2.25. The molecule has 1 aromatic heterocycles. The Hall–Kier alpha value is -2.94. The van der Waals surface area contributed by atoms with Crippen LogP contribution in [0, 0.1) is 0 Å². The minimum atomic E-state index is -3.96. The van der Waals surface area contributed by atoms with Crippen molar-refractivity contribution in [3.05, 3.63) is 89.2 Å². The van der Waals surface area contributed by atoms with Crippen molar-refractivity contribution < 1.29 is 18.3 Å². The second kappa shape index (κ2) is 9.91. The summed E-state index contributed by atoms with van der Waals surface area (Å²) in [4.78, 5) is 16.4. The molecule has 1 atom stereocenters. The van der Waals surface area contributed by atoms with Gasteiger partial charge < -0.3 is 10.4 Å². The zero-order valence-electron chi connectivity index (χ0n) is 16.8. The summed E-state index contributed by atoms with van der Waals surface area (Å²) in [6.07, 6.45) is 2.08. The van der Waals surface area contributed by atoms with Crippen LogP contribution in [-0.4, -0.2) is 37.1 Å². The zero-order chi connectivity index (χ0) is 22.4. The normalized spacial score (nSPS) is 12.2. The number of anilines is 1. The van der Waals surface area contributed by atoms with Gasteiger partial charge in [0, 0.05) is 29.5 Å². The highest BCUT2D eigenvalue weighted by Crippen LogP contribution is 2.27. The number of pyridine rings is 1. The van der Waals surface area contributed by atoms with Crippen molar-refractivity contribution in [2.24, 2.45) is 0 Å². The van der Waals surface area contributed by atoms with Crippen LogP contribution in [0.25, 0.3) is 0 Å². The van der Waals surface area contributed by atoms with Gasteiger partial charge in [-0.3, -0.25) is 14.1 Å². The van der Waals surface area contributed by atoms with Gasteiger partial charge in [0.05, 0.1) is 18.3 Å². The van der Waals surface area contributed by atoms with Gasteiger partial charge in [0.2, 0.25) is 0 Å². The van der Waals surface area contributed by atoms with Crippen LogP contribution in [-0.2, 0) is 16.6 Å². The lowest BCUT2D eigenvalue weighted by Crippen LogP contribution is -2.32. The van der Waals surface area contributed by atoms with Crippen molar-refractivity contribution in [1.29, 1.82) is 0 Å². The first-order chi connectivity index (χ1) is 14.8. The van der Waals surface area contributed by atoms with E-state index in [0.717, 1.165) is 5.56 Å². The maximum absolute atomic E-state index is 13.4. The molecule has 0 bridgehead atoms. The van der Waals surface area contributed by atoms with E-state index in [4.69, 9.17) is 11.6 Å². The maximum atomic E-state index is 13.4. The number of amides is 1. The average Bonchev–Trinajstić information content (AvgIpc) is 2.77. The van der Waals surface area contributed by atoms with Crippen molar-refractivity contribution in [2.75, 3.05) is 10.8 Å². The van der Waals surface area contributed by atoms with Gasteiger partial charge in [-0.1, -0.05) is 29.8 Å². The number of halogens is 1.